The first-order valence-corrected chi connectivity index (χ1v) is 6.33. The van der Waals surface area contributed by atoms with E-state index in [0.29, 0.717) is 0 Å². The standard InChI is InChI=1S/C11H9N3.C4H10/c1-2-6-10-9(4-1)5-3-7-11-13-12-8-14(10)11;1-4(2)3/h1-6,8H,7H2;4H,1-3H3. The Labute approximate surface area is 108 Å². The van der Waals surface area contributed by atoms with Gasteiger partial charge >= 0.3 is 0 Å². The first-order valence-electron chi connectivity index (χ1n) is 6.33. The number of rotatable bonds is 0. The first-order chi connectivity index (χ1) is 8.68. The molecule has 0 bridgehead atoms. The lowest BCUT2D eigenvalue weighted by Gasteiger charge is -2.05. The Hall–Kier alpha value is -1.90. The van der Waals surface area contributed by atoms with Crippen LogP contribution in [-0.4, -0.2) is 14.8 Å². The summed E-state index contributed by atoms with van der Waals surface area (Å²) in [5.74, 6) is 1.83. The molecule has 0 saturated carbocycles. The topological polar surface area (TPSA) is 30.7 Å². The SMILES string of the molecule is C1=Cc2ccccc2-n2cnnc2C1.CC(C)C. The monoisotopic (exact) mass is 241 g/mol. The summed E-state index contributed by atoms with van der Waals surface area (Å²) in [6.07, 6.45) is 6.85. The molecule has 18 heavy (non-hydrogen) atoms. The van der Waals surface area contributed by atoms with Crippen LogP contribution in [0.25, 0.3) is 11.8 Å². The molecular weight excluding hydrogens is 222 g/mol. The molecule has 1 aromatic carbocycles. The lowest BCUT2D eigenvalue weighted by Crippen LogP contribution is -1.98. The second-order valence-corrected chi connectivity index (χ2v) is 5.01. The van der Waals surface area contributed by atoms with Crippen LogP contribution in [0.1, 0.15) is 32.2 Å². The van der Waals surface area contributed by atoms with Gasteiger partial charge in [0, 0.05) is 6.42 Å². The van der Waals surface area contributed by atoms with E-state index in [1.54, 1.807) is 6.33 Å². The molecule has 1 aliphatic rings. The molecule has 1 aliphatic heterocycles. The fourth-order valence-electron chi connectivity index (χ4n) is 1.74. The average molecular weight is 241 g/mol. The van der Waals surface area contributed by atoms with Crippen molar-refractivity contribution in [3.8, 4) is 5.69 Å². The number of allylic oxidation sites excluding steroid dienone is 1. The molecule has 0 N–H and O–H groups in total. The van der Waals surface area contributed by atoms with Gasteiger partial charge in [0.2, 0.25) is 0 Å². The van der Waals surface area contributed by atoms with Crippen LogP contribution in [0.3, 0.4) is 0 Å². The second-order valence-electron chi connectivity index (χ2n) is 5.01. The largest absolute Gasteiger partial charge is 0.285 e. The quantitative estimate of drug-likeness (QED) is 0.706. The number of hydrogen-bond donors (Lipinski definition) is 0. The lowest BCUT2D eigenvalue weighted by atomic mass is 10.1. The molecule has 3 rings (SSSR count). The maximum Gasteiger partial charge on any atom is 0.141 e. The summed E-state index contributed by atoms with van der Waals surface area (Å²) in [6, 6.07) is 8.25. The number of hydrogen-bond acceptors (Lipinski definition) is 2. The van der Waals surface area contributed by atoms with E-state index in [0.717, 1.165) is 23.9 Å². The molecule has 0 aliphatic carbocycles. The van der Waals surface area contributed by atoms with Gasteiger partial charge < -0.3 is 0 Å². The molecule has 94 valence electrons. The normalized spacial score (nSPS) is 12.2. The lowest BCUT2D eigenvalue weighted by molar-refractivity contribution is 0.737. The van der Waals surface area contributed by atoms with Crippen molar-refractivity contribution in [2.75, 3.05) is 0 Å². The van der Waals surface area contributed by atoms with Crippen LogP contribution < -0.4 is 0 Å². The van der Waals surface area contributed by atoms with Crippen LogP contribution in [0.5, 0.6) is 0 Å². The molecule has 0 saturated heterocycles. The van der Waals surface area contributed by atoms with Crippen LogP contribution in [0, 0.1) is 5.92 Å². The molecule has 1 aromatic heterocycles. The summed E-state index contributed by atoms with van der Waals surface area (Å²) in [6.45, 7) is 6.50. The van der Waals surface area contributed by atoms with Gasteiger partial charge in [-0.15, -0.1) is 10.2 Å². The third kappa shape index (κ3) is 2.86. The minimum Gasteiger partial charge on any atom is -0.285 e. The zero-order valence-electron chi connectivity index (χ0n) is 11.2. The third-order valence-corrected chi connectivity index (χ3v) is 2.41. The molecule has 2 heterocycles. The van der Waals surface area contributed by atoms with E-state index in [9.17, 15) is 0 Å². The number of para-hydroxylation sites is 1. The highest BCUT2D eigenvalue weighted by Gasteiger charge is 2.10. The summed E-state index contributed by atoms with van der Waals surface area (Å²) < 4.78 is 2.04. The van der Waals surface area contributed by atoms with Crippen molar-refractivity contribution in [2.45, 2.75) is 27.2 Å². The number of benzene rings is 1. The highest BCUT2D eigenvalue weighted by molar-refractivity contribution is 5.62. The molecule has 2 aromatic rings. The zero-order valence-corrected chi connectivity index (χ0v) is 11.2. The van der Waals surface area contributed by atoms with Gasteiger partial charge in [-0.1, -0.05) is 51.1 Å². The van der Waals surface area contributed by atoms with Crippen LogP contribution in [0.4, 0.5) is 0 Å². The van der Waals surface area contributed by atoms with Gasteiger partial charge in [-0.25, -0.2) is 0 Å². The van der Waals surface area contributed by atoms with Crippen LogP contribution in [0.2, 0.25) is 0 Å². The van der Waals surface area contributed by atoms with Crippen molar-refractivity contribution in [1.82, 2.24) is 14.8 Å². The van der Waals surface area contributed by atoms with E-state index in [2.05, 4.69) is 55.3 Å². The van der Waals surface area contributed by atoms with Gasteiger partial charge in [0.1, 0.15) is 12.2 Å². The van der Waals surface area contributed by atoms with Crippen molar-refractivity contribution >= 4 is 6.08 Å². The van der Waals surface area contributed by atoms with Crippen LogP contribution in [-0.2, 0) is 6.42 Å². The van der Waals surface area contributed by atoms with Gasteiger partial charge in [0.05, 0.1) is 5.69 Å². The maximum absolute atomic E-state index is 4.08. The van der Waals surface area contributed by atoms with Crippen LogP contribution >= 0.6 is 0 Å². The molecule has 0 spiro atoms. The van der Waals surface area contributed by atoms with Crippen molar-refractivity contribution in [2.24, 2.45) is 5.92 Å². The highest BCUT2D eigenvalue weighted by atomic mass is 15.3. The number of fused-ring (bicyclic) bond motifs is 3. The Balaban J connectivity index is 0.000000267. The van der Waals surface area contributed by atoms with Crippen LogP contribution in [0.15, 0.2) is 36.7 Å². The number of nitrogens with zero attached hydrogens (tertiary/aromatic N) is 3. The van der Waals surface area contributed by atoms with E-state index in [1.807, 2.05) is 16.7 Å². The molecule has 0 radical (unpaired) electrons. The Kier molecular flexibility index (Phi) is 3.92. The van der Waals surface area contributed by atoms with Crippen molar-refractivity contribution in [3.05, 3.63) is 48.1 Å². The zero-order chi connectivity index (χ0) is 13.0. The predicted octanol–water partition coefficient (Wildman–Crippen LogP) is 3.50. The fraction of sp³-hybridized carbons (Fsp3) is 0.333. The van der Waals surface area contributed by atoms with E-state index in [1.165, 1.54) is 5.56 Å². The van der Waals surface area contributed by atoms with Crippen molar-refractivity contribution < 1.29 is 0 Å². The molecule has 0 amide bonds. The van der Waals surface area contributed by atoms with E-state index in [-0.39, 0.29) is 0 Å². The summed E-state index contributed by atoms with van der Waals surface area (Å²) in [5, 5.41) is 8.00. The van der Waals surface area contributed by atoms with E-state index in [4.69, 9.17) is 0 Å². The van der Waals surface area contributed by atoms with Crippen molar-refractivity contribution in [1.29, 1.82) is 0 Å². The molecule has 0 unspecified atom stereocenters. The molecule has 3 heteroatoms. The fourth-order valence-corrected chi connectivity index (χ4v) is 1.74. The smallest absolute Gasteiger partial charge is 0.141 e. The van der Waals surface area contributed by atoms with Gasteiger partial charge in [0.25, 0.3) is 0 Å². The van der Waals surface area contributed by atoms with Gasteiger partial charge in [-0.2, -0.15) is 0 Å². The van der Waals surface area contributed by atoms with Gasteiger partial charge in [0.15, 0.2) is 0 Å². The number of aromatic nitrogens is 3. The Morgan fingerprint density at radius 2 is 1.89 bits per heavy atom. The predicted molar refractivity (Wildman–Crippen MR) is 74.6 cm³/mol. The Morgan fingerprint density at radius 1 is 1.17 bits per heavy atom. The first kappa shape index (κ1) is 12.6. The third-order valence-electron chi connectivity index (χ3n) is 2.41. The molecule has 3 nitrogen and oxygen atoms in total. The summed E-state index contributed by atoms with van der Waals surface area (Å²) in [4.78, 5) is 0. The molecule has 0 fully saturated rings. The summed E-state index contributed by atoms with van der Waals surface area (Å²) in [7, 11) is 0. The van der Waals surface area contributed by atoms with E-state index >= 15 is 0 Å². The minimum absolute atomic E-state index is 0.833. The Bertz CT molecular complexity index is 535. The Morgan fingerprint density at radius 3 is 2.67 bits per heavy atom. The van der Waals surface area contributed by atoms with Gasteiger partial charge in [-0.05, 0) is 17.5 Å². The summed E-state index contributed by atoms with van der Waals surface area (Å²) in [5.41, 5.74) is 2.37. The molecule has 0 atom stereocenters. The summed E-state index contributed by atoms with van der Waals surface area (Å²) >= 11 is 0. The van der Waals surface area contributed by atoms with Gasteiger partial charge in [-0.3, -0.25) is 4.57 Å². The molecular formula is C15H19N3. The highest BCUT2D eigenvalue weighted by Crippen LogP contribution is 2.20. The second kappa shape index (κ2) is 5.63. The average Bonchev–Trinajstić information content (AvgIpc) is 2.71. The van der Waals surface area contributed by atoms with E-state index < -0.39 is 0 Å². The van der Waals surface area contributed by atoms with Crippen molar-refractivity contribution in [3.63, 3.8) is 0 Å². The maximum atomic E-state index is 4.08. The minimum atomic E-state index is 0.833.